The standard InChI is InChI=1S/C36H46N6O6S/c1-24(2)18-32(35(44)39-27(12-17-49(3,46)47)19-25-21-37-30-10-6-4-8-28(25)30)41-36(45)33(40-34(43)23-42-13-15-48-16-14-42)20-26-22-38-31-11-7-5-9-29(26)31/h4-12,17,21-22,24,27,32-33,37-38H,13-16,18-20,23H2,1-3H3,(H,39,44)(H,40,43)(H,41,45)/b17-12+/t27-,32+,33+/m1/s1. The summed E-state index contributed by atoms with van der Waals surface area (Å²) in [6.45, 7) is 6.35. The lowest BCUT2D eigenvalue weighted by Crippen LogP contribution is -2.56. The summed E-state index contributed by atoms with van der Waals surface area (Å²) in [4.78, 5) is 49.6. The number of hydrogen-bond donors (Lipinski definition) is 5. The van der Waals surface area contributed by atoms with E-state index in [-0.39, 0.29) is 24.8 Å². The van der Waals surface area contributed by atoms with Crippen LogP contribution < -0.4 is 16.0 Å². The van der Waals surface area contributed by atoms with Gasteiger partial charge in [0.05, 0.1) is 25.8 Å². The summed E-state index contributed by atoms with van der Waals surface area (Å²) in [7, 11) is -3.47. The van der Waals surface area contributed by atoms with Crippen LogP contribution in [0.1, 0.15) is 31.4 Å². The van der Waals surface area contributed by atoms with Gasteiger partial charge in [-0.2, -0.15) is 0 Å². The van der Waals surface area contributed by atoms with E-state index in [1.807, 2.05) is 79.7 Å². The third kappa shape index (κ3) is 10.3. The van der Waals surface area contributed by atoms with Gasteiger partial charge in [0.2, 0.25) is 17.7 Å². The van der Waals surface area contributed by atoms with Crippen LogP contribution in [0, 0.1) is 5.92 Å². The Hall–Kier alpha value is -4.46. The predicted octanol–water partition coefficient (Wildman–Crippen LogP) is 2.83. The first-order chi connectivity index (χ1) is 23.4. The number of morpholine rings is 1. The molecule has 0 radical (unpaired) electrons. The molecule has 1 aliphatic rings. The molecule has 13 heteroatoms. The topological polar surface area (TPSA) is 165 Å². The number of aromatic amines is 2. The van der Waals surface area contributed by atoms with E-state index in [1.165, 1.54) is 6.08 Å². The van der Waals surface area contributed by atoms with Crippen molar-refractivity contribution in [3.8, 4) is 0 Å². The number of para-hydroxylation sites is 2. The summed E-state index contributed by atoms with van der Waals surface area (Å²) in [5.74, 6) is -1.19. The molecule has 2 aromatic heterocycles. The van der Waals surface area contributed by atoms with Crippen molar-refractivity contribution in [1.82, 2.24) is 30.8 Å². The van der Waals surface area contributed by atoms with Crippen molar-refractivity contribution in [2.24, 2.45) is 5.92 Å². The maximum Gasteiger partial charge on any atom is 0.243 e. The number of rotatable bonds is 15. The van der Waals surface area contributed by atoms with E-state index >= 15 is 0 Å². The molecule has 3 atom stereocenters. The summed E-state index contributed by atoms with van der Waals surface area (Å²) in [6.07, 6.45) is 7.10. The first-order valence-electron chi connectivity index (χ1n) is 16.6. The summed E-state index contributed by atoms with van der Waals surface area (Å²) in [5, 5.41) is 11.8. The minimum Gasteiger partial charge on any atom is -0.379 e. The van der Waals surface area contributed by atoms with Crippen molar-refractivity contribution in [2.45, 2.75) is 51.2 Å². The van der Waals surface area contributed by atoms with Crippen LogP contribution in [0.15, 0.2) is 72.4 Å². The average Bonchev–Trinajstić information content (AvgIpc) is 3.67. The van der Waals surface area contributed by atoms with Gasteiger partial charge in [-0.05, 0) is 42.0 Å². The second-order valence-electron chi connectivity index (χ2n) is 13.1. The lowest BCUT2D eigenvalue weighted by Gasteiger charge is -2.28. The lowest BCUT2D eigenvalue weighted by atomic mass is 9.99. The number of aromatic nitrogens is 2. The fourth-order valence-electron chi connectivity index (χ4n) is 6.13. The van der Waals surface area contributed by atoms with Gasteiger partial charge in [0.25, 0.3) is 0 Å². The van der Waals surface area contributed by atoms with E-state index in [1.54, 1.807) is 0 Å². The number of nitrogens with one attached hydrogen (secondary N) is 5. The molecule has 49 heavy (non-hydrogen) atoms. The smallest absolute Gasteiger partial charge is 0.243 e. The van der Waals surface area contributed by atoms with Crippen LogP contribution in [-0.2, 0) is 41.8 Å². The van der Waals surface area contributed by atoms with Crippen LogP contribution >= 0.6 is 0 Å². The van der Waals surface area contributed by atoms with E-state index in [0.717, 1.165) is 44.6 Å². The van der Waals surface area contributed by atoms with Crippen molar-refractivity contribution in [3.05, 3.63) is 83.5 Å². The molecule has 262 valence electrons. The van der Waals surface area contributed by atoms with Gasteiger partial charge >= 0.3 is 0 Å². The Morgan fingerprint density at radius 1 is 0.837 bits per heavy atom. The molecular formula is C36H46N6O6S. The highest BCUT2D eigenvalue weighted by Crippen LogP contribution is 2.21. The highest BCUT2D eigenvalue weighted by Gasteiger charge is 2.30. The third-order valence-electron chi connectivity index (χ3n) is 8.56. The molecule has 0 spiro atoms. The largest absolute Gasteiger partial charge is 0.379 e. The Bertz CT molecular complexity index is 1890. The summed E-state index contributed by atoms with van der Waals surface area (Å²) in [5.41, 5.74) is 3.61. The summed E-state index contributed by atoms with van der Waals surface area (Å²) in [6, 6.07) is 12.9. The van der Waals surface area contributed by atoms with Gasteiger partial charge in [-0.3, -0.25) is 19.3 Å². The van der Waals surface area contributed by atoms with Crippen LogP contribution in [-0.4, -0.2) is 98.2 Å². The van der Waals surface area contributed by atoms with Crippen LogP contribution in [0.2, 0.25) is 0 Å². The van der Waals surface area contributed by atoms with Gasteiger partial charge in [-0.1, -0.05) is 56.3 Å². The van der Waals surface area contributed by atoms with Crippen molar-refractivity contribution >= 4 is 49.4 Å². The highest BCUT2D eigenvalue weighted by atomic mass is 32.2. The molecule has 0 saturated carbocycles. The highest BCUT2D eigenvalue weighted by molar-refractivity contribution is 7.93. The second kappa shape index (κ2) is 16.3. The Balaban J connectivity index is 1.36. The van der Waals surface area contributed by atoms with E-state index in [9.17, 15) is 22.8 Å². The maximum absolute atomic E-state index is 14.0. The molecular weight excluding hydrogens is 644 g/mol. The van der Waals surface area contributed by atoms with Gasteiger partial charge in [0.1, 0.15) is 12.1 Å². The molecule has 5 rings (SSSR count). The predicted molar refractivity (Wildman–Crippen MR) is 190 cm³/mol. The van der Waals surface area contributed by atoms with Gasteiger partial charge in [-0.15, -0.1) is 0 Å². The van der Waals surface area contributed by atoms with Crippen molar-refractivity contribution in [3.63, 3.8) is 0 Å². The van der Waals surface area contributed by atoms with Crippen molar-refractivity contribution in [2.75, 3.05) is 39.1 Å². The minimum absolute atomic E-state index is 0.0395. The number of ether oxygens (including phenoxy) is 1. The Morgan fingerprint density at radius 2 is 1.41 bits per heavy atom. The van der Waals surface area contributed by atoms with E-state index in [4.69, 9.17) is 4.74 Å². The maximum atomic E-state index is 14.0. The zero-order valence-corrected chi connectivity index (χ0v) is 29.0. The van der Waals surface area contributed by atoms with Crippen molar-refractivity contribution in [1.29, 1.82) is 0 Å². The van der Waals surface area contributed by atoms with Gasteiger partial charge in [0, 0.05) is 65.4 Å². The summed E-state index contributed by atoms with van der Waals surface area (Å²) < 4.78 is 29.5. The van der Waals surface area contributed by atoms with Gasteiger partial charge in [0.15, 0.2) is 9.84 Å². The number of fused-ring (bicyclic) bond motifs is 2. The number of benzene rings is 2. The molecule has 12 nitrogen and oxygen atoms in total. The van der Waals surface area contributed by atoms with Gasteiger partial charge < -0.3 is 30.7 Å². The van der Waals surface area contributed by atoms with E-state index in [0.29, 0.717) is 39.1 Å². The number of carbonyl (C=O) groups excluding carboxylic acids is 3. The Labute approximate surface area is 287 Å². The van der Waals surface area contributed by atoms with Gasteiger partial charge in [-0.25, -0.2) is 8.42 Å². The molecule has 1 saturated heterocycles. The number of H-pyrrole nitrogens is 2. The fraction of sp³-hybridized carbons (Fsp3) is 0.417. The SMILES string of the molecule is CC(C)C[C@H](NC(=O)[C@H](Cc1c[nH]c2ccccc12)NC(=O)CN1CCOCC1)C(=O)N[C@H](/C=C/S(C)(=O)=O)Cc1c[nH]c2ccccc12. The molecule has 0 bridgehead atoms. The monoisotopic (exact) mass is 690 g/mol. The molecule has 2 aromatic carbocycles. The third-order valence-corrected chi connectivity index (χ3v) is 9.21. The Morgan fingerprint density at radius 3 is 2.00 bits per heavy atom. The van der Waals surface area contributed by atoms with E-state index < -0.39 is 39.8 Å². The van der Waals surface area contributed by atoms with Crippen molar-refractivity contribution < 1.29 is 27.5 Å². The lowest BCUT2D eigenvalue weighted by molar-refractivity contribution is -0.133. The molecule has 3 heterocycles. The quantitative estimate of drug-likeness (QED) is 0.128. The number of carbonyl (C=O) groups is 3. The molecule has 1 aliphatic heterocycles. The van der Waals surface area contributed by atoms with Crippen LogP contribution in [0.5, 0.6) is 0 Å². The zero-order chi connectivity index (χ0) is 35.0. The normalized spacial score (nSPS) is 16.2. The molecule has 3 amide bonds. The minimum atomic E-state index is -3.47. The van der Waals surface area contributed by atoms with Crippen LogP contribution in [0.4, 0.5) is 0 Å². The number of hydrogen-bond acceptors (Lipinski definition) is 7. The van der Waals surface area contributed by atoms with Crippen LogP contribution in [0.25, 0.3) is 21.8 Å². The fourth-order valence-corrected chi connectivity index (χ4v) is 6.61. The Kier molecular flexibility index (Phi) is 11.9. The molecule has 0 unspecified atom stereocenters. The molecule has 4 aromatic rings. The molecule has 5 N–H and O–H groups in total. The average molecular weight is 691 g/mol. The number of amides is 3. The molecule has 0 aliphatic carbocycles. The second-order valence-corrected chi connectivity index (χ2v) is 15.0. The number of nitrogens with zero attached hydrogens (tertiary/aromatic N) is 1. The molecule has 1 fully saturated rings. The van der Waals surface area contributed by atoms with E-state index in [2.05, 4.69) is 25.9 Å². The number of sulfone groups is 1. The summed E-state index contributed by atoms with van der Waals surface area (Å²) >= 11 is 0. The first-order valence-corrected chi connectivity index (χ1v) is 18.6. The van der Waals surface area contributed by atoms with Crippen LogP contribution in [0.3, 0.4) is 0 Å². The zero-order valence-electron chi connectivity index (χ0n) is 28.2. The first kappa shape index (κ1) is 35.8.